The number of nitriles is 1. The fraction of sp³-hybridized carbons (Fsp3) is 0. The topological polar surface area (TPSA) is 49.8 Å². The fourth-order valence-corrected chi connectivity index (χ4v) is 5.75. The molecule has 0 spiro atoms. The molecule has 1 aromatic heterocycles. The van der Waals surface area contributed by atoms with E-state index < -0.39 is 0 Å². The fourth-order valence-electron chi connectivity index (χ4n) is 5.75. The number of fused-ring (bicyclic) bond motifs is 3. The van der Waals surface area contributed by atoms with Crippen molar-refractivity contribution in [2.75, 3.05) is 0 Å². The van der Waals surface area contributed by atoms with E-state index in [9.17, 15) is 0 Å². The first-order chi connectivity index (χ1) is 21.2. The van der Waals surface area contributed by atoms with Crippen LogP contribution >= 0.6 is 0 Å². The normalized spacial score (nSPS) is 11.2. The summed E-state index contributed by atoms with van der Waals surface area (Å²) in [6.07, 6.45) is 0. The Labute approximate surface area is 248 Å². The van der Waals surface area contributed by atoms with E-state index >= 15 is 0 Å². The summed E-state index contributed by atoms with van der Waals surface area (Å²) >= 11 is 0. The van der Waals surface area contributed by atoms with E-state index in [-0.39, 0.29) is 0 Å². The van der Waals surface area contributed by atoms with Gasteiger partial charge in [-0.15, -0.1) is 0 Å². The standard InChI is InChI=1S/C40H24N2O/c41-25-26-5-7-27(8-6-26)30-13-15-34-23-36(19-17-32(34)21-30)37-20-18-33-22-31(14-16-35(33)24-37)28-9-11-29(12-10-28)40-42-38-3-1-2-4-39(38)43-40/h1-24H. The molecular weight excluding hydrogens is 524 g/mol. The number of hydrogen-bond acceptors (Lipinski definition) is 3. The Morgan fingerprint density at radius 3 is 1.35 bits per heavy atom. The largest absolute Gasteiger partial charge is 0.436 e. The summed E-state index contributed by atoms with van der Waals surface area (Å²) in [5, 5.41) is 13.9. The number of aromatic nitrogens is 1. The van der Waals surface area contributed by atoms with Crippen molar-refractivity contribution >= 4 is 32.6 Å². The summed E-state index contributed by atoms with van der Waals surface area (Å²) in [5.41, 5.74) is 10.3. The summed E-state index contributed by atoms with van der Waals surface area (Å²) in [5.74, 6) is 0.638. The van der Waals surface area contributed by atoms with Crippen molar-refractivity contribution in [2.24, 2.45) is 0 Å². The number of para-hydroxylation sites is 2. The van der Waals surface area contributed by atoms with Crippen LogP contribution in [0.15, 0.2) is 150 Å². The van der Waals surface area contributed by atoms with Gasteiger partial charge in [0.05, 0.1) is 11.6 Å². The molecule has 0 radical (unpaired) electrons. The van der Waals surface area contributed by atoms with E-state index in [4.69, 9.17) is 9.68 Å². The Hall–Kier alpha value is -5.98. The van der Waals surface area contributed by atoms with Crippen molar-refractivity contribution in [1.82, 2.24) is 4.98 Å². The Balaban J connectivity index is 1.05. The molecule has 0 fully saturated rings. The zero-order valence-electron chi connectivity index (χ0n) is 23.2. The predicted molar refractivity (Wildman–Crippen MR) is 175 cm³/mol. The third-order valence-corrected chi connectivity index (χ3v) is 8.12. The number of benzene rings is 7. The van der Waals surface area contributed by atoms with E-state index in [1.54, 1.807) is 0 Å². The van der Waals surface area contributed by atoms with Crippen LogP contribution in [0.5, 0.6) is 0 Å². The van der Waals surface area contributed by atoms with Crippen LogP contribution in [0.3, 0.4) is 0 Å². The second-order valence-electron chi connectivity index (χ2n) is 10.8. The highest BCUT2D eigenvalue weighted by Crippen LogP contribution is 2.33. The lowest BCUT2D eigenvalue weighted by atomic mass is 9.95. The van der Waals surface area contributed by atoms with Crippen LogP contribution in [0.4, 0.5) is 0 Å². The Kier molecular flexibility index (Phi) is 5.84. The zero-order valence-corrected chi connectivity index (χ0v) is 23.2. The van der Waals surface area contributed by atoms with Crippen LogP contribution in [-0.2, 0) is 0 Å². The molecule has 0 aliphatic carbocycles. The lowest BCUT2D eigenvalue weighted by molar-refractivity contribution is 0.620. The van der Waals surface area contributed by atoms with Gasteiger partial charge in [0.1, 0.15) is 5.52 Å². The van der Waals surface area contributed by atoms with Gasteiger partial charge in [-0.2, -0.15) is 5.26 Å². The van der Waals surface area contributed by atoms with Gasteiger partial charge in [-0.25, -0.2) is 4.98 Å². The van der Waals surface area contributed by atoms with Gasteiger partial charge in [-0.05, 0) is 116 Å². The third-order valence-electron chi connectivity index (χ3n) is 8.12. The highest BCUT2D eigenvalue weighted by atomic mass is 16.3. The molecule has 0 aliphatic rings. The molecule has 0 atom stereocenters. The molecule has 0 bridgehead atoms. The Morgan fingerprint density at radius 1 is 0.442 bits per heavy atom. The highest BCUT2D eigenvalue weighted by molar-refractivity contribution is 5.94. The quantitative estimate of drug-likeness (QED) is 0.220. The minimum Gasteiger partial charge on any atom is -0.436 e. The van der Waals surface area contributed by atoms with Crippen molar-refractivity contribution in [3.8, 4) is 50.9 Å². The van der Waals surface area contributed by atoms with E-state index in [0.717, 1.165) is 33.4 Å². The summed E-state index contributed by atoms with van der Waals surface area (Å²) in [6.45, 7) is 0. The van der Waals surface area contributed by atoms with Crippen molar-refractivity contribution < 1.29 is 4.42 Å². The molecule has 1 heterocycles. The molecule has 200 valence electrons. The van der Waals surface area contributed by atoms with Crippen molar-refractivity contribution in [3.63, 3.8) is 0 Å². The average Bonchev–Trinajstić information content (AvgIpc) is 3.52. The van der Waals surface area contributed by atoms with Crippen molar-refractivity contribution in [1.29, 1.82) is 5.26 Å². The lowest BCUT2D eigenvalue weighted by Gasteiger charge is -2.09. The van der Waals surface area contributed by atoms with Gasteiger partial charge in [-0.1, -0.05) is 84.9 Å². The van der Waals surface area contributed by atoms with E-state index in [2.05, 4.69) is 108 Å². The summed E-state index contributed by atoms with van der Waals surface area (Å²) < 4.78 is 5.94. The summed E-state index contributed by atoms with van der Waals surface area (Å²) in [6, 6.07) is 52.6. The van der Waals surface area contributed by atoms with Gasteiger partial charge in [0.2, 0.25) is 5.89 Å². The molecule has 3 nitrogen and oxygen atoms in total. The number of rotatable bonds is 4. The van der Waals surface area contributed by atoms with E-state index in [0.29, 0.717) is 11.5 Å². The second-order valence-corrected chi connectivity index (χ2v) is 10.8. The monoisotopic (exact) mass is 548 g/mol. The molecule has 8 aromatic rings. The molecule has 0 N–H and O–H groups in total. The predicted octanol–water partition coefficient (Wildman–Crippen LogP) is 10.7. The molecule has 0 saturated heterocycles. The van der Waals surface area contributed by atoms with Crippen LogP contribution < -0.4 is 0 Å². The number of oxazole rings is 1. The van der Waals surface area contributed by atoms with Gasteiger partial charge >= 0.3 is 0 Å². The van der Waals surface area contributed by atoms with E-state index in [1.165, 1.54) is 38.2 Å². The molecule has 3 heteroatoms. The van der Waals surface area contributed by atoms with Gasteiger partial charge in [0.15, 0.2) is 5.58 Å². The molecule has 8 rings (SSSR count). The maximum absolute atomic E-state index is 9.08. The van der Waals surface area contributed by atoms with Gasteiger partial charge in [0.25, 0.3) is 0 Å². The molecule has 0 unspecified atom stereocenters. The van der Waals surface area contributed by atoms with Crippen molar-refractivity contribution in [2.45, 2.75) is 0 Å². The third kappa shape index (κ3) is 4.62. The molecule has 7 aromatic carbocycles. The maximum atomic E-state index is 9.08. The van der Waals surface area contributed by atoms with Crippen LogP contribution in [0.25, 0.3) is 77.5 Å². The maximum Gasteiger partial charge on any atom is 0.227 e. The average molecular weight is 549 g/mol. The van der Waals surface area contributed by atoms with Crippen LogP contribution in [0, 0.1) is 11.3 Å². The first-order valence-corrected chi connectivity index (χ1v) is 14.3. The molecular formula is C40H24N2O. The molecule has 0 aliphatic heterocycles. The number of hydrogen-bond donors (Lipinski definition) is 0. The Morgan fingerprint density at radius 2 is 0.860 bits per heavy atom. The smallest absolute Gasteiger partial charge is 0.227 e. The lowest BCUT2D eigenvalue weighted by Crippen LogP contribution is -1.84. The van der Waals surface area contributed by atoms with Crippen molar-refractivity contribution in [3.05, 3.63) is 151 Å². The van der Waals surface area contributed by atoms with Gasteiger partial charge < -0.3 is 4.42 Å². The highest BCUT2D eigenvalue weighted by Gasteiger charge is 2.09. The van der Waals surface area contributed by atoms with Gasteiger partial charge in [0, 0.05) is 5.56 Å². The first kappa shape index (κ1) is 24.8. The minimum absolute atomic E-state index is 0.638. The minimum atomic E-state index is 0.638. The van der Waals surface area contributed by atoms with Crippen LogP contribution in [0.2, 0.25) is 0 Å². The Bertz CT molecular complexity index is 2310. The van der Waals surface area contributed by atoms with Gasteiger partial charge in [-0.3, -0.25) is 0 Å². The SMILES string of the molecule is N#Cc1ccc(-c2ccc3cc(-c4ccc5cc(-c6ccc(-c7nc8ccccc8o7)cc6)ccc5c4)ccc3c2)cc1. The van der Waals surface area contributed by atoms with Crippen LogP contribution in [-0.4, -0.2) is 4.98 Å². The van der Waals surface area contributed by atoms with E-state index in [1.807, 2.05) is 48.5 Å². The zero-order chi connectivity index (χ0) is 28.8. The first-order valence-electron chi connectivity index (χ1n) is 14.3. The summed E-state index contributed by atoms with van der Waals surface area (Å²) in [4.78, 5) is 4.62. The van der Waals surface area contributed by atoms with Crippen LogP contribution in [0.1, 0.15) is 5.56 Å². The number of nitrogens with zero attached hydrogens (tertiary/aromatic N) is 2. The summed E-state index contributed by atoms with van der Waals surface area (Å²) in [7, 11) is 0. The molecule has 0 saturated carbocycles. The second kappa shape index (κ2) is 10.1. The molecule has 43 heavy (non-hydrogen) atoms. The molecule has 0 amide bonds.